The molecule has 17 heavy (non-hydrogen) atoms. The number of rotatable bonds is 7. The van der Waals surface area contributed by atoms with Gasteiger partial charge in [-0.05, 0) is 48.5 Å². The summed E-state index contributed by atoms with van der Waals surface area (Å²) < 4.78 is 5.73. The Morgan fingerprint density at radius 3 is 3.00 bits per heavy atom. The average molecular weight is 252 g/mol. The molecule has 0 radical (unpaired) electrons. The van der Waals surface area contributed by atoms with Crippen molar-refractivity contribution in [2.75, 3.05) is 11.5 Å². The number of benzene rings is 1. The van der Waals surface area contributed by atoms with Crippen molar-refractivity contribution >= 4 is 11.8 Å². The van der Waals surface area contributed by atoms with Crippen LogP contribution >= 0.6 is 11.8 Å². The van der Waals surface area contributed by atoms with Gasteiger partial charge in [0, 0.05) is 0 Å². The highest BCUT2D eigenvalue weighted by atomic mass is 32.2. The van der Waals surface area contributed by atoms with Crippen LogP contribution in [0.25, 0.3) is 0 Å². The standard InChI is InChI=1S/C14H20O2S/c1-2-17-9-8-14(15)11-4-3-5-13(10-11)16-12-6-7-12/h3-5,10,12,14-15H,2,6-9H2,1H3. The highest BCUT2D eigenvalue weighted by Crippen LogP contribution is 2.29. The molecular weight excluding hydrogens is 232 g/mol. The molecule has 1 aromatic carbocycles. The second kappa shape index (κ2) is 6.31. The van der Waals surface area contributed by atoms with Crippen molar-refractivity contribution in [3.63, 3.8) is 0 Å². The lowest BCUT2D eigenvalue weighted by Gasteiger charge is -2.12. The van der Waals surface area contributed by atoms with Crippen molar-refractivity contribution < 1.29 is 9.84 Å². The first-order chi connectivity index (χ1) is 8.29. The summed E-state index contributed by atoms with van der Waals surface area (Å²) in [5, 5.41) is 10.1. The maximum absolute atomic E-state index is 10.1. The molecule has 1 atom stereocenters. The van der Waals surface area contributed by atoms with Crippen molar-refractivity contribution in [2.45, 2.75) is 38.4 Å². The average Bonchev–Trinajstić information content (AvgIpc) is 3.13. The van der Waals surface area contributed by atoms with Gasteiger partial charge in [0.05, 0.1) is 12.2 Å². The molecule has 0 bridgehead atoms. The zero-order valence-electron chi connectivity index (χ0n) is 10.3. The lowest BCUT2D eigenvalue weighted by atomic mass is 10.1. The molecule has 0 heterocycles. The lowest BCUT2D eigenvalue weighted by molar-refractivity contribution is 0.174. The number of ether oxygens (including phenoxy) is 1. The van der Waals surface area contributed by atoms with Gasteiger partial charge in [-0.25, -0.2) is 0 Å². The molecule has 2 nitrogen and oxygen atoms in total. The van der Waals surface area contributed by atoms with Crippen LogP contribution in [0.1, 0.15) is 37.9 Å². The number of hydrogen-bond acceptors (Lipinski definition) is 3. The quantitative estimate of drug-likeness (QED) is 0.754. The molecule has 1 aliphatic rings. The van der Waals surface area contributed by atoms with Gasteiger partial charge in [0.1, 0.15) is 5.75 Å². The second-order valence-electron chi connectivity index (χ2n) is 4.39. The van der Waals surface area contributed by atoms with Crippen LogP contribution in [0.15, 0.2) is 24.3 Å². The molecule has 0 saturated heterocycles. The first-order valence-corrected chi connectivity index (χ1v) is 7.47. The molecule has 2 rings (SSSR count). The fraction of sp³-hybridized carbons (Fsp3) is 0.571. The van der Waals surface area contributed by atoms with Gasteiger partial charge in [-0.15, -0.1) is 0 Å². The SMILES string of the molecule is CCSCCC(O)c1cccc(OC2CC2)c1. The number of thioether (sulfide) groups is 1. The van der Waals surface area contributed by atoms with E-state index < -0.39 is 0 Å². The van der Waals surface area contributed by atoms with Crippen LogP contribution in [0.5, 0.6) is 5.75 Å². The fourth-order valence-corrected chi connectivity index (χ4v) is 2.36. The van der Waals surface area contributed by atoms with Gasteiger partial charge in [-0.1, -0.05) is 19.1 Å². The Morgan fingerprint density at radius 2 is 2.29 bits per heavy atom. The monoisotopic (exact) mass is 252 g/mol. The molecule has 0 spiro atoms. The van der Waals surface area contributed by atoms with Crippen LogP contribution in [0.3, 0.4) is 0 Å². The van der Waals surface area contributed by atoms with Crippen LogP contribution in [-0.4, -0.2) is 22.7 Å². The topological polar surface area (TPSA) is 29.5 Å². The lowest BCUT2D eigenvalue weighted by Crippen LogP contribution is -2.01. The summed E-state index contributed by atoms with van der Waals surface area (Å²) in [5.74, 6) is 3.01. The van der Waals surface area contributed by atoms with Crippen molar-refractivity contribution in [3.8, 4) is 5.75 Å². The van der Waals surface area contributed by atoms with Crippen molar-refractivity contribution in [2.24, 2.45) is 0 Å². The van der Waals surface area contributed by atoms with E-state index in [1.54, 1.807) is 0 Å². The Balaban J connectivity index is 1.89. The largest absolute Gasteiger partial charge is 0.490 e. The molecule has 1 N–H and O–H groups in total. The van der Waals surface area contributed by atoms with Crippen molar-refractivity contribution in [1.29, 1.82) is 0 Å². The van der Waals surface area contributed by atoms with Crippen molar-refractivity contribution in [1.82, 2.24) is 0 Å². The molecule has 94 valence electrons. The summed E-state index contributed by atoms with van der Waals surface area (Å²) in [6.07, 6.45) is 3.19. The van der Waals surface area contributed by atoms with E-state index in [1.807, 2.05) is 36.0 Å². The van der Waals surface area contributed by atoms with Gasteiger partial charge >= 0.3 is 0 Å². The van der Waals surface area contributed by atoms with Crippen LogP contribution in [0, 0.1) is 0 Å². The van der Waals surface area contributed by atoms with Gasteiger partial charge in [0.15, 0.2) is 0 Å². The van der Waals surface area contributed by atoms with E-state index in [1.165, 1.54) is 12.8 Å². The van der Waals surface area contributed by atoms with E-state index in [0.717, 1.165) is 29.2 Å². The van der Waals surface area contributed by atoms with Crippen LogP contribution in [-0.2, 0) is 0 Å². The summed E-state index contributed by atoms with van der Waals surface area (Å²) in [6, 6.07) is 7.87. The third-order valence-electron chi connectivity index (χ3n) is 2.81. The predicted molar refractivity (Wildman–Crippen MR) is 72.7 cm³/mol. The minimum absolute atomic E-state index is 0.364. The van der Waals surface area contributed by atoms with Gasteiger partial charge in [-0.3, -0.25) is 0 Å². The highest BCUT2D eigenvalue weighted by Gasteiger charge is 2.23. The zero-order valence-corrected chi connectivity index (χ0v) is 11.1. The summed E-state index contributed by atoms with van der Waals surface area (Å²) in [7, 11) is 0. The first kappa shape index (κ1) is 12.8. The normalized spacial score (nSPS) is 16.8. The Kier molecular flexibility index (Phi) is 4.75. The molecule has 1 unspecified atom stereocenters. The minimum Gasteiger partial charge on any atom is -0.490 e. The number of hydrogen-bond donors (Lipinski definition) is 1. The Labute approximate surface area is 107 Å². The summed E-state index contributed by atoms with van der Waals surface area (Å²) in [5.41, 5.74) is 0.972. The molecule has 0 aromatic heterocycles. The Bertz CT molecular complexity index is 350. The van der Waals surface area contributed by atoms with E-state index in [-0.39, 0.29) is 6.10 Å². The Hall–Kier alpha value is -0.670. The molecule has 1 fully saturated rings. The molecule has 0 aliphatic heterocycles. The molecule has 1 aromatic rings. The van der Waals surface area contributed by atoms with Gasteiger partial charge in [-0.2, -0.15) is 11.8 Å². The van der Waals surface area contributed by atoms with E-state index in [4.69, 9.17) is 4.74 Å². The maximum atomic E-state index is 10.1. The summed E-state index contributed by atoms with van der Waals surface area (Å²) in [4.78, 5) is 0. The van der Waals surface area contributed by atoms with E-state index in [9.17, 15) is 5.11 Å². The number of aliphatic hydroxyl groups is 1. The van der Waals surface area contributed by atoms with Crippen LogP contribution in [0.2, 0.25) is 0 Å². The summed E-state index contributed by atoms with van der Waals surface area (Å²) in [6.45, 7) is 2.14. The fourth-order valence-electron chi connectivity index (χ4n) is 1.68. The molecule has 1 saturated carbocycles. The third kappa shape index (κ3) is 4.25. The van der Waals surface area contributed by atoms with Crippen LogP contribution in [0.4, 0.5) is 0 Å². The van der Waals surface area contributed by atoms with Gasteiger partial charge < -0.3 is 9.84 Å². The molecule has 0 amide bonds. The van der Waals surface area contributed by atoms with E-state index in [2.05, 4.69) is 6.92 Å². The molecule has 3 heteroatoms. The summed E-state index contributed by atoms with van der Waals surface area (Å²) >= 11 is 1.86. The maximum Gasteiger partial charge on any atom is 0.120 e. The highest BCUT2D eigenvalue weighted by molar-refractivity contribution is 7.99. The minimum atomic E-state index is -0.364. The van der Waals surface area contributed by atoms with E-state index in [0.29, 0.717) is 6.10 Å². The predicted octanol–water partition coefficient (Wildman–Crippen LogP) is 3.40. The zero-order chi connectivity index (χ0) is 12.1. The third-order valence-corrected chi connectivity index (χ3v) is 3.74. The smallest absolute Gasteiger partial charge is 0.120 e. The Morgan fingerprint density at radius 1 is 1.47 bits per heavy atom. The van der Waals surface area contributed by atoms with Crippen LogP contribution < -0.4 is 4.74 Å². The van der Waals surface area contributed by atoms with Crippen molar-refractivity contribution in [3.05, 3.63) is 29.8 Å². The molecule has 1 aliphatic carbocycles. The number of aliphatic hydroxyl groups excluding tert-OH is 1. The van der Waals surface area contributed by atoms with Gasteiger partial charge in [0.2, 0.25) is 0 Å². The van der Waals surface area contributed by atoms with Gasteiger partial charge in [0.25, 0.3) is 0 Å². The molecular formula is C14H20O2S. The van der Waals surface area contributed by atoms with E-state index >= 15 is 0 Å². The first-order valence-electron chi connectivity index (χ1n) is 6.32. The second-order valence-corrected chi connectivity index (χ2v) is 5.78.